The largest absolute Gasteiger partial charge is 0.397 e. The van der Waals surface area contributed by atoms with Crippen molar-refractivity contribution in [3.8, 4) is 0 Å². The van der Waals surface area contributed by atoms with E-state index in [4.69, 9.17) is 5.73 Å². The van der Waals surface area contributed by atoms with Gasteiger partial charge in [0.15, 0.2) is 0 Å². The molecule has 1 aromatic heterocycles. The molecular weight excluding hydrogens is 266 g/mol. The Hall–Kier alpha value is -1.29. The highest BCUT2D eigenvalue weighted by Crippen LogP contribution is 2.37. The Bertz CT molecular complexity index is 611. The van der Waals surface area contributed by atoms with E-state index < -0.39 is 0 Å². The third kappa shape index (κ3) is 2.75. The molecule has 0 radical (unpaired) electrons. The summed E-state index contributed by atoms with van der Waals surface area (Å²) in [6, 6.07) is 4.14. The molecule has 0 unspecified atom stereocenters. The van der Waals surface area contributed by atoms with Crippen molar-refractivity contribution in [1.82, 2.24) is 4.98 Å². The van der Waals surface area contributed by atoms with Gasteiger partial charge in [-0.2, -0.15) is 0 Å². The molecule has 1 aliphatic rings. The Kier molecular flexibility index (Phi) is 3.59. The van der Waals surface area contributed by atoms with Gasteiger partial charge in [0.2, 0.25) is 0 Å². The number of anilines is 2. The molecule has 1 heterocycles. The molecule has 1 aromatic carbocycles. The van der Waals surface area contributed by atoms with E-state index in [9.17, 15) is 0 Å². The van der Waals surface area contributed by atoms with Crippen LogP contribution in [0.2, 0.25) is 0 Å². The number of hydrogen-bond acceptors (Lipinski definition) is 4. The number of nitrogens with one attached hydrogen (secondary N) is 1. The van der Waals surface area contributed by atoms with Crippen LogP contribution in [0.3, 0.4) is 0 Å². The van der Waals surface area contributed by atoms with Crippen molar-refractivity contribution in [3.63, 3.8) is 0 Å². The average Bonchev–Trinajstić information content (AvgIpc) is 2.76. The van der Waals surface area contributed by atoms with Crippen molar-refractivity contribution in [2.24, 2.45) is 5.41 Å². The molecule has 20 heavy (non-hydrogen) atoms. The van der Waals surface area contributed by atoms with Gasteiger partial charge in [-0.1, -0.05) is 26.2 Å². The van der Waals surface area contributed by atoms with Crippen LogP contribution in [0, 0.1) is 12.3 Å². The lowest BCUT2D eigenvalue weighted by Crippen LogP contribution is -2.29. The number of benzene rings is 1. The standard InChI is InChI=1S/C16H23N3S/c1-11-19-14-9-13(12(17)8-15(14)20-11)18-10-16(2)6-4-3-5-7-16/h8-9,18H,3-7,10,17H2,1-2H3. The predicted molar refractivity (Wildman–Crippen MR) is 88.5 cm³/mol. The maximum absolute atomic E-state index is 6.17. The van der Waals surface area contributed by atoms with Gasteiger partial charge in [0.1, 0.15) is 0 Å². The fourth-order valence-corrected chi connectivity index (χ4v) is 4.01. The van der Waals surface area contributed by atoms with Crippen LogP contribution in [0.4, 0.5) is 11.4 Å². The van der Waals surface area contributed by atoms with Crippen LogP contribution in [0.1, 0.15) is 44.0 Å². The number of hydrogen-bond donors (Lipinski definition) is 2. The molecule has 3 rings (SSSR count). The Morgan fingerprint density at radius 1 is 1.30 bits per heavy atom. The molecular formula is C16H23N3S. The zero-order chi connectivity index (χ0) is 14.2. The highest BCUT2D eigenvalue weighted by atomic mass is 32.1. The zero-order valence-corrected chi connectivity index (χ0v) is 13.1. The molecule has 0 bridgehead atoms. The Morgan fingerprint density at radius 2 is 2.05 bits per heavy atom. The molecule has 0 saturated heterocycles. The van der Waals surface area contributed by atoms with Gasteiger partial charge in [-0.25, -0.2) is 4.98 Å². The number of nitrogens with zero attached hydrogens (tertiary/aromatic N) is 1. The quantitative estimate of drug-likeness (QED) is 0.814. The number of nitrogen functional groups attached to an aromatic ring is 1. The summed E-state index contributed by atoms with van der Waals surface area (Å²) in [5.41, 5.74) is 9.51. The fourth-order valence-electron chi connectivity index (χ4n) is 3.15. The second kappa shape index (κ2) is 5.24. The van der Waals surface area contributed by atoms with Gasteiger partial charge in [0.05, 0.1) is 26.6 Å². The van der Waals surface area contributed by atoms with Crippen molar-refractivity contribution in [2.75, 3.05) is 17.6 Å². The maximum Gasteiger partial charge on any atom is 0.0907 e. The summed E-state index contributed by atoms with van der Waals surface area (Å²) in [5.74, 6) is 0. The lowest BCUT2D eigenvalue weighted by molar-refractivity contribution is 0.233. The van der Waals surface area contributed by atoms with E-state index in [-0.39, 0.29) is 0 Å². The third-order valence-corrected chi connectivity index (χ3v) is 5.37. The van der Waals surface area contributed by atoms with Crippen LogP contribution in [0.5, 0.6) is 0 Å². The van der Waals surface area contributed by atoms with Crippen molar-refractivity contribution >= 4 is 32.9 Å². The summed E-state index contributed by atoms with van der Waals surface area (Å²) >= 11 is 1.70. The first-order valence-corrected chi connectivity index (χ1v) is 8.28. The van der Waals surface area contributed by atoms with Crippen LogP contribution >= 0.6 is 11.3 Å². The normalized spacial score (nSPS) is 18.3. The first kappa shape index (κ1) is 13.7. The fraction of sp³-hybridized carbons (Fsp3) is 0.562. The highest BCUT2D eigenvalue weighted by Gasteiger charge is 2.26. The first-order chi connectivity index (χ1) is 9.56. The smallest absolute Gasteiger partial charge is 0.0907 e. The van der Waals surface area contributed by atoms with Gasteiger partial charge in [-0.3, -0.25) is 0 Å². The third-order valence-electron chi connectivity index (χ3n) is 4.43. The molecule has 1 fully saturated rings. The molecule has 3 N–H and O–H groups in total. The number of thiazole rings is 1. The molecule has 3 nitrogen and oxygen atoms in total. The number of fused-ring (bicyclic) bond motifs is 1. The van der Waals surface area contributed by atoms with Crippen molar-refractivity contribution < 1.29 is 0 Å². The molecule has 0 amide bonds. The monoisotopic (exact) mass is 289 g/mol. The van der Waals surface area contributed by atoms with E-state index in [2.05, 4.69) is 23.3 Å². The summed E-state index contributed by atoms with van der Waals surface area (Å²) in [6.07, 6.45) is 6.74. The molecule has 0 aliphatic heterocycles. The summed E-state index contributed by atoms with van der Waals surface area (Å²) in [6.45, 7) is 5.43. The summed E-state index contributed by atoms with van der Waals surface area (Å²) in [4.78, 5) is 4.55. The lowest BCUT2D eigenvalue weighted by atomic mass is 9.76. The molecule has 108 valence electrons. The second-order valence-corrected chi connectivity index (χ2v) is 7.60. The molecule has 1 saturated carbocycles. The average molecular weight is 289 g/mol. The molecule has 0 atom stereocenters. The minimum atomic E-state index is 0.414. The molecule has 1 aliphatic carbocycles. The van der Waals surface area contributed by atoms with Gasteiger partial charge in [-0.15, -0.1) is 11.3 Å². The minimum Gasteiger partial charge on any atom is -0.397 e. The van der Waals surface area contributed by atoms with E-state index in [1.54, 1.807) is 11.3 Å². The topological polar surface area (TPSA) is 50.9 Å². The van der Waals surface area contributed by atoms with Crippen molar-refractivity contribution in [1.29, 1.82) is 0 Å². The van der Waals surface area contributed by atoms with Crippen molar-refractivity contribution in [3.05, 3.63) is 17.1 Å². The molecule has 0 spiro atoms. The van der Waals surface area contributed by atoms with Crippen molar-refractivity contribution in [2.45, 2.75) is 46.0 Å². The SMILES string of the molecule is Cc1nc2cc(NCC3(C)CCCCC3)c(N)cc2s1. The van der Waals surface area contributed by atoms with Crippen LogP contribution in [0.25, 0.3) is 10.2 Å². The summed E-state index contributed by atoms with van der Waals surface area (Å²) in [5, 5.41) is 4.66. The Labute approximate surface area is 124 Å². The van der Waals surface area contributed by atoms with Gasteiger partial charge in [-0.05, 0) is 37.3 Å². The number of nitrogens with two attached hydrogens (primary N) is 1. The van der Waals surface area contributed by atoms with E-state index in [1.807, 2.05) is 13.0 Å². The second-order valence-electron chi connectivity index (χ2n) is 6.36. The lowest BCUT2D eigenvalue weighted by Gasteiger charge is -2.34. The zero-order valence-electron chi connectivity index (χ0n) is 12.3. The van der Waals surface area contributed by atoms with Crippen LogP contribution in [0.15, 0.2) is 12.1 Å². The molecule has 2 aromatic rings. The number of rotatable bonds is 3. The van der Waals surface area contributed by atoms with Gasteiger partial charge >= 0.3 is 0 Å². The number of aryl methyl sites for hydroxylation is 1. The Balaban J connectivity index is 1.78. The van der Waals surface area contributed by atoms with Crippen LogP contribution < -0.4 is 11.1 Å². The first-order valence-electron chi connectivity index (χ1n) is 7.46. The summed E-state index contributed by atoms with van der Waals surface area (Å²) in [7, 11) is 0. The minimum absolute atomic E-state index is 0.414. The highest BCUT2D eigenvalue weighted by molar-refractivity contribution is 7.18. The maximum atomic E-state index is 6.17. The van der Waals surface area contributed by atoms with Gasteiger partial charge in [0, 0.05) is 6.54 Å². The van der Waals surface area contributed by atoms with Crippen LogP contribution in [-0.4, -0.2) is 11.5 Å². The van der Waals surface area contributed by atoms with Gasteiger partial charge < -0.3 is 11.1 Å². The Morgan fingerprint density at radius 3 is 2.80 bits per heavy atom. The predicted octanol–water partition coefficient (Wildman–Crippen LogP) is 4.57. The van der Waals surface area contributed by atoms with Gasteiger partial charge in [0.25, 0.3) is 0 Å². The van der Waals surface area contributed by atoms with E-state index in [0.717, 1.165) is 28.4 Å². The van der Waals surface area contributed by atoms with E-state index in [1.165, 1.54) is 36.8 Å². The van der Waals surface area contributed by atoms with E-state index >= 15 is 0 Å². The molecule has 4 heteroatoms. The van der Waals surface area contributed by atoms with Crippen LogP contribution in [-0.2, 0) is 0 Å². The summed E-state index contributed by atoms with van der Waals surface area (Å²) < 4.78 is 1.18. The van der Waals surface area contributed by atoms with E-state index in [0.29, 0.717) is 5.41 Å². The number of aromatic nitrogens is 1.